The van der Waals surface area contributed by atoms with Crippen LogP contribution in [0.2, 0.25) is 0 Å². The quantitative estimate of drug-likeness (QED) is 0.276. The standard InChI is InChI=1S/2C6H9O6P.C2H4O2.Na/c2*1-4(7)10-13(11-5(2)8)12-6(3)9;1-2(3)4;/h2*1-3H3;1H3,(H,3,4);/q;;;+1/p-1. The van der Waals surface area contributed by atoms with Crippen LogP contribution >= 0.6 is 17.2 Å². The summed E-state index contributed by atoms with van der Waals surface area (Å²) >= 11 is 0. The Morgan fingerprint density at radius 2 is 0.548 bits per heavy atom. The van der Waals surface area contributed by atoms with Crippen molar-refractivity contribution >= 4 is 59.0 Å². The average Bonchev–Trinajstić information content (AvgIpc) is 2.42. The van der Waals surface area contributed by atoms with E-state index in [-0.39, 0.29) is 29.6 Å². The summed E-state index contributed by atoms with van der Waals surface area (Å²) in [6.45, 7) is 7.65. The molecule has 0 bridgehead atoms. The van der Waals surface area contributed by atoms with Gasteiger partial charge in [-0.2, -0.15) is 0 Å². The molecule has 0 fully saturated rings. The number of rotatable bonds is 6. The van der Waals surface area contributed by atoms with Gasteiger partial charge in [0, 0.05) is 47.5 Å². The molecular formula is C14H21NaO14P2. The maximum atomic E-state index is 10.4. The third-order valence-corrected chi connectivity index (χ3v) is 3.66. The first-order valence-corrected chi connectivity index (χ1v) is 9.64. The molecule has 0 aliphatic heterocycles. The fourth-order valence-electron chi connectivity index (χ4n) is 0.742. The predicted molar refractivity (Wildman–Crippen MR) is 95.1 cm³/mol. The fraction of sp³-hybridized carbons (Fsp3) is 0.500. The number of hydrogen-bond acceptors (Lipinski definition) is 14. The molecule has 31 heavy (non-hydrogen) atoms. The maximum absolute atomic E-state index is 10.4. The van der Waals surface area contributed by atoms with E-state index in [2.05, 4.69) is 27.1 Å². The Labute approximate surface area is 202 Å². The topological polar surface area (TPSA) is 198 Å². The van der Waals surface area contributed by atoms with Crippen LogP contribution in [-0.2, 0) is 60.7 Å². The van der Waals surface area contributed by atoms with Crippen LogP contribution in [0.3, 0.4) is 0 Å². The molecule has 0 aromatic carbocycles. The zero-order valence-corrected chi connectivity index (χ0v) is 21.9. The zero-order valence-electron chi connectivity index (χ0n) is 18.1. The first-order valence-electron chi connectivity index (χ1n) is 7.45. The Morgan fingerprint density at radius 3 is 0.613 bits per heavy atom. The van der Waals surface area contributed by atoms with Gasteiger partial charge in [0.2, 0.25) is 0 Å². The van der Waals surface area contributed by atoms with E-state index in [0.29, 0.717) is 0 Å². The van der Waals surface area contributed by atoms with Crippen molar-refractivity contribution < 1.29 is 95.4 Å². The van der Waals surface area contributed by atoms with E-state index in [0.717, 1.165) is 48.5 Å². The zero-order chi connectivity index (χ0) is 24.4. The molecule has 0 rings (SSSR count). The number of carbonyl (C=O) groups excluding carboxylic acids is 7. The van der Waals surface area contributed by atoms with Crippen LogP contribution in [0.15, 0.2) is 0 Å². The molecule has 0 spiro atoms. The average molecular weight is 498 g/mol. The molecule has 0 saturated carbocycles. The minimum Gasteiger partial charge on any atom is -0.550 e. The van der Waals surface area contributed by atoms with Gasteiger partial charge in [-0.3, -0.25) is 28.8 Å². The minimum absolute atomic E-state index is 0. The van der Waals surface area contributed by atoms with Gasteiger partial charge in [-0.25, -0.2) is 0 Å². The van der Waals surface area contributed by atoms with Gasteiger partial charge < -0.3 is 37.0 Å². The molecule has 17 heteroatoms. The Morgan fingerprint density at radius 1 is 0.452 bits per heavy atom. The van der Waals surface area contributed by atoms with E-state index in [9.17, 15) is 28.8 Å². The molecule has 14 nitrogen and oxygen atoms in total. The van der Waals surface area contributed by atoms with E-state index in [1.54, 1.807) is 0 Å². The van der Waals surface area contributed by atoms with Crippen molar-refractivity contribution in [2.24, 2.45) is 0 Å². The van der Waals surface area contributed by atoms with E-state index in [1.807, 2.05) is 0 Å². The van der Waals surface area contributed by atoms with Gasteiger partial charge in [0.1, 0.15) is 0 Å². The van der Waals surface area contributed by atoms with Crippen LogP contribution in [-0.4, -0.2) is 41.8 Å². The van der Waals surface area contributed by atoms with Crippen molar-refractivity contribution in [3.05, 3.63) is 0 Å². The van der Waals surface area contributed by atoms with Crippen molar-refractivity contribution in [2.75, 3.05) is 0 Å². The summed E-state index contributed by atoms with van der Waals surface area (Å²) in [5.74, 6) is -5.20. The second-order valence-electron chi connectivity index (χ2n) is 4.44. The summed E-state index contributed by atoms with van der Waals surface area (Å²) in [5.41, 5.74) is 0. The molecule has 0 saturated heterocycles. The molecule has 0 heterocycles. The van der Waals surface area contributed by atoms with E-state index in [1.165, 1.54) is 0 Å². The Bertz CT molecular complexity index is 510. The maximum Gasteiger partial charge on any atom is 1.00 e. The van der Waals surface area contributed by atoms with Crippen LogP contribution in [0.1, 0.15) is 48.5 Å². The molecule has 0 aromatic heterocycles. The summed E-state index contributed by atoms with van der Waals surface area (Å²) in [7, 11) is -4.46. The van der Waals surface area contributed by atoms with E-state index in [4.69, 9.17) is 9.90 Å². The number of carboxylic acids is 1. The monoisotopic (exact) mass is 498 g/mol. The SMILES string of the molecule is CC(=O)OP(OC(C)=O)OC(C)=O.CC(=O)OP(OC(C)=O)OC(C)=O.CC(=O)[O-].[Na+]. The van der Waals surface area contributed by atoms with Gasteiger partial charge in [-0.1, -0.05) is 0 Å². The third kappa shape index (κ3) is 39.2. The summed E-state index contributed by atoms with van der Waals surface area (Å²) in [6.07, 6.45) is 0. The first-order chi connectivity index (χ1) is 13.6. The van der Waals surface area contributed by atoms with Crippen LogP contribution in [0.5, 0.6) is 0 Å². The fourth-order valence-corrected chi connectivity index (χ4v) is 2.22. The van der Waals surface area contributed by atoms with Crippen molar-refractivity contribution in [3.63, 3.8) is 0 Å². The Hall–Kier alpha value is -1.85. The second kappa shape index (κ2) is 21.4. The molecule has 0 radical (unpaired) electrons. The van der Waals surface area contributed by atoms with Crippen LogP contribution in [0, 0.1) is 0 Å². The molecular weight excluding hydrogens is 477 g/mol. The molecule has 0 aromatic rings. The normalized spacial score (nSPS) is 8.55. The van der Waals surface area contributed by atoms with E-state index >= 15 is 0 Å². The van der Waals surface area contributed by atoms with Gasteiger partial charge in [0.25, 0.3) is 0 Å². The second-order valence-corrected chi connectivity index (χ2v) is 6.43. The smallest absolute Gasteiger partial charge is 0.550 e. The number of carbonyl (C=O) groups is 7. The van der Waals surface area contributed by atoms with Gasteiger partial charge in [0.05, 0.1) is 0 Å². The molecule has 0 amide bonds. The summed E-state index contributed by atoms with van der Waals surface area (Å²) in [6, 6.07) is 0. The van der Waals surface area contributed by atoms with Gasteiger partial charge >= 0.3 is 82.6 Å². The number of hydrogen-bond donors (Lipinski definition) is 0. The summed E-state index contributed by atoms with van der Waals surface area (Å²) in [4.78, 5) is 71.5. The molecule has 0 aliphatic rings. The molecule has 0 aliphatic carbocycles. The van der Waals surface area contributed by atoms with Crippen LogP contribution in [0.25, 0.3) is 0 Å². The van der Waals surface area contributed by atoms with Gasteiger partial charge in [-0.15, -0.1) is 0 Å². The van der Waals surface area contributed by atoms with Crippen LogP contribution in [0.4, 0.5) is 0 Å². The minimum atomic E-state index is -2.23. The van der Waals surface area contributed by atoms with E-state index < -0.39 is 59.0 Å². The first kappa shape index (κ1) is 36.5. The summed E-state index contributed by atoms with van der Waals surface area (Å²) in [5, 5.41) is 8.89. The third-order valence-electron chi connectivity index (χ3n) is 1.22. The summed E-state index contributed by atoms with van der Waals surface area (Å²) < 4.78 is 26.5. The van der Waals surface area contributed by atoms with Gasteiger partial charge in [0.15, 0.2) is 0 Å². The predicted octanol–water partition coefficient (Wildman–Crippen LogP) is -2.43. The Kier molecular flexibility index (Phi) is 25.2. The number of aliphatic carboxylic acids is 1. The molecule has 172 valence electrons. The van der Waals surface area contributed by atoms with Crippen molar-refractivity contribution in [3.8, 4) is 0 Å². The van der Waals surface area contributed by atoms with Crippen molar-refractivity contribution in [1.29, 1.82) is 0 Å². The van der Waals surface area contributed by atoms with Crippen LogP contribution < -0.4 is 34.7 Å². The largest absolute Gasteiger partial charge is 1.00 e. The molecule has 0 unspecified atom stereocenters. The number of carboxylic acid groups (broad SMARTS) is 1. The van der Waals surface area contributed by atoms with Crippen molar-refractivity contribution in [2.45, 2.75) is 48.5 Å². The molecule has 0 N–H and O–H groups in total. The van der Waals surface area contributed by atoms with Gasteiger partial charge in [-0.05, 0) is 6.92 Å². The Balaban J connectivity index is -0.000000195. The molecule has 0 atom stereocenters. The van der Waals surface area contributed by atoms with Crippen molar-refractivity contribution in [1.82, 2.24) is 0 Å².